The fourth-order valence-electron chi connectivity index (χ4n) is 2.25. The first-order valence-electron chi connectivity index (χ1n) is 6.16. The standard InChI is InChI=1S/C15H13Br2NO/c16-12-5-3-6-13(17)15(12)18-9-11-8-10-4-1-2-7-14(10)19-11/h1-7,11,18H,8-9H2. The maximum absolute atomic E-state index is 5.92. The van der Waals surface area contributed by atoms with Crippen LogP contribution in [0.1, 0.15) is 5.56 Å². The van der Waals surface area contributed by atoms with Crippen molar-refractivity contribution in [1.82, 2.24) is 0 Å². The van der Waals surface area contributed by atoms with Crippen molar-refractivity contribution in [2.24, 2.45) is 0 Å². The Hall–Kier alpha value is -1.00. The van der Waals surface area contributed by atoms with E-state index in [1.165, 1.54) is 5.56 Å². The second kappa shape index (κ2) is 5.55. The fourth-order valence-corrected chi connectivity index (χ4v) is 3.53. The van der Waals surface area contributed by atoms with Gasteiger partial charge < -0.3 is 10.1 Å². The van der Waals surface area contributed by atoms with E-state index in [0.717, 1.165) is 33.3 Å². The molecule has 4 heteroatoms. The lowest BCUT2D eigenvalue weighted by Gasteiger charge is -2.15. The minimum Gasteiger partial charge on any atom is -0.488 e. The highest BCUT2D eigenvalue weighted by Crippen LogP contribution is 2.32. The molecule has 0 saturated carbocycles. The topological polar surface area (TPSA) is 21.3 Å². The number of hydrogen-bond donors (Lipinski definition) is 1. The van der Waals surface area contributed by atoms with E-state index < -0.39 is 0 Å². The Labute approximate surface area is 129 Å². The zero-order chi connectivity index (χ0) is 13.2. The van der Waals surface area contributed by atoms with Crippen LogP contribution in [0.15, 0.2) is 51.4 Å². The molecule has 0 saturated heterocycles. The number of halogens is 2. The van der Waals surface area contributed by atoms with Crippen molar-refractivity contribution in [2.75, 3.05) is 11.9 Å². The summed E-state index contributed by atoms with van der Waals surface area (Å²) in [4.78, 5) is 0. The summed E-state index contributed by atoms with van der Waals surface area (Å²) in [5.74, 6) is 1.01. The molecule has 2 aromatic rings. The summed E-state index contributed by atoms with van der Waals surface area (Å²) in [7, 11) is 0. The number of anilines is 1. The summed E-state index contributed by atoms with van der Waals surface area (Å²) < 4.78 is 8.02. The molecule has 1 unspecified atom stereocenters. The molecule has 1 aliphatic rings. The molecule has 1 aliphatic heterocycles. The number of fused-ring (bicyclic) bond motifs is 1. The molecule has 0 amide bonds. The lowest BCUT2D eigenvalue weighted by atomic mass is 10.1. The summed E-state index contributed by atoms with van der Waals surface area (Å²) in [6.45, 7) is 0.788. The summed E-state index contributed by atoms with van der Waals surface area (Å²) in [5, 5.41) is 3.44. The van der Waals surface area contributed by atoms with Gasteiger partial charge in [0.15, 0.2) is 0 Å². The molecular formula is C15H13Br2NO. The van der Waals surface area contributed by atoms with Crippen LogP contribution in [0.2, 0.25) is 0 Å². The maximum Gasteiger partial charge on any atom is 0.123 e. The molecule has 3 rings (SSSR count). The summed E-state index contributed by atoms with van der Waals surface area (Å²) in [6.07, 6.45) is 1.15. The molecule has 2 aromatic carbocycles. The largest absolute Gasteiger partial charge is 0.488 e. The van der Waals surface area contributed by atoms with Gasteiger partial charge in [-0.3, -0.25) is 0 Å². The molecular weight excluding hydrogens is 370 g/mol. The second-order valence-electron chi connectivity index (χ2n) is 4.53. The van der Waals surface area contributed by atoms with Gasteiger partial charge in [-0.25, -0.2) is 0 Å². The van der Waals surface area contributed by atoms with E-state index in [1.54, 1.807) is 0 Å². The molecule has 0 spiro atoms. The van der Waals surface area contributed by atoms with E-state index in [1.807, 2.05) is 30.3 Å². The lowest BCUT2D eigenvalue weighted by molar-refractivity contribution is 0.246. The number of ether oxygens (including phenoxy) is 1. The number of nitrogens with one attached hydrogen (secondary N) is 1. The normalized spacial score (nSPS) is 16.8. The Morgan fingerprint density at radius 3 is 2.53 bits per heavy atom. The van der Waals surface area contributed by atoms with Gasteiger partial charge in [0.05, 0.1) is 12.2 Å². The molecule has 1 N–H and O–H groups in total. The maximum atomic E-state index is 5.92. The fraction of sp³-hybridized carbons (Fsp3) is 0.200. The Morgan fingerprint density at radius 2 is 1.79 bits per heavy atom. The Bertz CT molecular complexity index is 555. The van der Waals surface area contributed by atoms with Crippen LogP contribution < -0.4 is 10.1 Å². The summed E-state index contributed by atoms with van der Waals surface area (Å²) >= 11 is 7.10. The van der Waals surface area contributed by atoms with Gasteiger partial charge in [0.25, 0.3) is 0 Å². The van der Waals surface area contributed by atoms with Crippen LogP contribution in [0.3, 0.4) is 0 Å². The second-order valence-corrected chi connectivity index (χ2v) is 6.24. The predicted octanol–water partition coefficient (Wildman–Crippen LogP) is 4.63. The number of hydrogen-bond acceptors (Lipinski definition) is 2. The van der Waals surface area contributed by atoms with Gasteiger partial charge in [0, 0.05) is 15.4 Å². The Balaban J connectivity index is 1.66. The van der Waals surface area contributed by atoms with Gasteiger partial charge in [0.2, 0.25) is 0 Å². The van der Waals surface area contributed by atoms with E-state index in [4.69, 9.17) is 4.74 Å². The molecule has 0 aromatic heterocycles. The first kappa shape index (κ1) is 13.0. The Kier molecular flexibility index (Phi) is 3.80. The predicted molar refractivity (Wildman–Crippen MR) is 84.9 cm³/mol. The van der Waals surface area contributed by atoms with Crippen molar-refractivity contribution in [1.29, 1.82) is 0 Å². The SMILES string of the molecule is Brc1cccc(Br)c1NCC1Cc2ccccc2O1. The summed E-state index contributed by atoms with van der Waals surface area (Å²) in [5.41, 5.74) is 2.36. The summed E-state index contributed by atoms with van der Waals surface area (Å²) in [6, 6.07) is 14.3. The zero-order valence-corrected chi connectivity index (χ0v) is 13.4. The molecule has 98 valence electrons. The van der Waals surface area contributed by atoms with Crippen LogP contribution in [0.4, 0.5) is 5.69 Å². The van der Waals surface area contributed by atoms with Crippen LogP contribution in [-0.2, 0) is 6.42 Å². The molecule has 1 heterocycles. The third-order valence-electron chi connectivity index (χ3n) is 3.18. The first-order valence-corrected chi connectivity index (χ1v) is 7.75. The van der Waals surface area contributed by atoms with Crippen molar-refractivity contribution in [3.63, 3.8) is 0 Å². The monoisotopic (exact) mass is 381 g/mol. The lowest BCUT2D eigenvalue weighted by Crippen LogP contribution is -2.24. The van der Waals surface area contributed by atoms with Crippen molar-refractivity contribution >= 4 is 37.5 Å². The van der Waals surface area contributed by atoms with E-state index in [0.29, 0.717) is 0 Å². The average molecular weight is 383 g/mol. The van der Waals surface area contributed by atoms with Gasteiger partial charge in [-0.2, -0.15) is 0 Å². The molecule has 0 fully saturated rings. The van der Waals surface area contributed by atoms with Crippen LogP contribution in [0, 0.1) is 0 Å². The van der Waals surface area contributed by atoms with E-state index in [2.05, 4.69) is 49.3 Å². The molecule has 0 aliphatic carbocycles. The zero-order valence-electron chi connectivity index (χ0n) is 10.2. The van der Waals surface area contributed by atoms with Crippen LogP contribution in [-0.4, -0.2) is 12.6 Å². The van der Waals surface area contributed by atoms with Crippen molar-refractivity contribution in [3.05, 3.63) is 57.0 Å². The molecule has 1 atom stereocenters. The first-order chi connectivity index (χ1) is 9.24. The van der Waals surface area contributed by atoms with Crippen molar-refractivity contribution < 1.29 is 4.74 Å². The minimum absolute atomic E-state index is 0.191. The van der Waals surface area contributed by atoms with Gasteiger partial charge in [-0.05, 0) is 55.6 Å². The minimum atomic E-state index is 0.191. The van der Waals surface area contributed by atoms with Crippen molar-refractivity contribution in [2.45, 2.75) is 12.5 Å². The smallest absolute Gasteiger partial charge is 0.123 e. The number of rotatable bonds is 3. The highest BCUT2D eigenvalue weighted by molar-refractivity contribution is 9.11. The van der Waals surface area contributed by atoms with E-state index >= 15 is 0 Å². The van der Waals surface area contributed by atoms with Crippen LogP contribution in [0.5, 0.6) is 5.75 Å². The highest BCUT2D eigenvalue weighted by atomic mass is 79.9. The number of para-hydroxylation sites is 2. The highest BCUT2D eigenvalue weighted by Gasteiger charge is 2.22. The van der Waals surface area contributed by atoms with Crippen LogP contribution >= 0.6 is 31.9 Å². The molecule has 19 heavy (non-hydrogen) atoms. The van der Waals surface area contributed by atoms with E-state index in [-0.39, 0.29) is 6.10 Å². The average Bonchev–Trinajstić information content (AvgIpc) is 2.81. The van der Waals surface area contributed by atoms with Gasteiger partial charge in [0.1, 0.15) is 11.9 Å². The van der Waals surface area contributed by atoms with Gasteiger partial charge >= 0.3 is 0 Å². The molecule has 0 radical (unpaired) electrons. The van der Waals surface area contributed by atoms with Gasteiger partial charge in [-0.15, -0.1) is 0 Å². The quantitative estimate of drug-likeness (QED) is 0.835. The van der Waals surface area contributed by atoms with E-state index in [9.17, 15) is 0 Å². The third kappa shape index (κ3) is 2.79. The molecule has 2 nitrogen and oxygen atoms in total. The molecule has 0 bridgehead atoms. The third-order valence-corrected chi connectivity index (χ3v) is 4.50. The van der Waals surface area contributed by atoms with Gasteiger partial charge in [-0.1, -0.05) is 24.3 Å². The van der Waals surface area contributed by atoms with Crippen molar-refractivity contribution in [3.8, 4) is 5.75 Å². The Morgan fingerprint density at radius 1 is 1.05 bits per heavy atom. The van der Waals surface area contributed by atoms with Crippen LogP contribution in [0.25, 0.3) is 0 Å². The number of benzene rings is 2.